The number of halogens is 3. The van der Waals surface area contributed by atoms with E-state index < -0.39 is 28.8 Å². The van der Waals surface area contributed by atoms with E-state index in [1.54, 1.807) is 0 Å². The molecule has 1 unspecified atom stereocenters. The molecular weight excluding hydrogens is 385 g/mol. The van der Waals surface area contributed by atoms with Gasteiger partial charge < -0.3 is 18.7 Å². The Morgan fingerprint density at radius 2 is 1.78 bits per heavy atom. The maximum absolute atomic E-state index is 13.4. The van der Waals surface area contributed by atoms with Gasteiger partial charge in [-0.3, -0.25) is 9.19 Å². The third kappa shape index (κ3) is 4.29. The van der Waals surface area contributed by atoms with Crippen LogP contribution in [0.15, 0.2) is 48.7 Å². The van der Waals surface area contributed by atoms with Crippen molar-refractivity contribution in [1.82, 2.24) is 4.98 Å². The van der Waals surface area contributed by atoms with Gasteiger partial charge in [0.2, 0.25) is 0 Å². The highest BCUT2D eigenvalue weighted by Crippen LogP contribution is 2.42. The third-order valence-electron chi connectivity index (χ3n) is 3.61. The molecule has 0 fully saturated rings. The Balaban J connectivity index is 2.06. The Morgan fingerprint density at radius 3 is 2.37 bits per heavy atom. The number of aromatic nitrogens is 1. The SMILES string of the molecule is COc1ccc2c(Oc3ccc(NS(=O)[O-])cc3)c(C(F)(F)F)cnc2c1. The highest BCUT2D eigenvalue weighted by molar-refractivity contribution is 7.80. The summed E-state index contributed by atoms with van der Waals surface area (Å²) in [4.78, 5) is 3.85. The molecule has 0 radical (unpaired) electrons. The number of pyridine rings is 1. The van der Waals surface area contributed by atoms with Gasteiger partial charge in [-0.2, -0.15) is 13.2 Å². The van der Waals surface area contributed by atoms with Gasteiger partial charge in [-0.05, 0) is 36.4 Å². The Hall–Kier alpha value is -2.85. The smallest absolute Gasteiger partial charge is 0.421 e. The lowest BCUT2D eigenvalue weighted by Gasteiger charge is -2.16. The molecule has 0 bridgehead atoms. The van der Waals surface area contributed by atoms with Crippen molar-refractivity contribution in [3.05, 3.63) is 54.2 Å². The molecule has 27 heavy (non-hydrogen) atoms. The fourth-order valence-electron chi connectivity index (χ4n) is 2.39. The summed E-state index contributed by atoms with van der Waals surface area (Å²) in [6, 6.07) is 9.88. The number of rotatable bonds is 5. The summed E-state index contributed by atoms with van der Waals surface area (Å²) < 4.78 is 74.1. The van der Waals surface area contributed by atoms with E-state index in [-0.39, 0.29) is 22.3 Å². The molecule has 3 aromatic rings. The molecule has 0 aliphatic rings. The predicted octanol–water partition coefficient (Wildman–Crippen LogP) is 4.26. The predicted molar refractivity (Wildman–Crippen MR) is 92.4 cm³/mol. The fraction of sp³-hybridized carbons (Fsp3) is 0.118. The van der Waals surface area contributed by atoms with Crippen LogP contribution in [0.25, 0.3) is 10.9 Å². The maximum Gasteiger partial charge on any atom is 0.421 e. The highest BCUT2D eigenvalue weighted by Gasteiger charge is 2.36. The molecule has 6 nitrogen and oxygen atoms in total. The average Bonchev–Trinajstić information content (AvgIpc) is 2.61. The number of fused-ring (bicyclic) bond motifs is 1. The van der Waals surface area contributed by atoms with E-state index in [1.165, 1.54) is 49.6 Å². The van der Waals surface area contributed by atoms with Crippen molar-refractivity contribution < 1.29 is 31.4 Å². The van der Waals surface area contributed by atoms with Crippen molar-refractivity contribution in [2.75, 3.05) is 11.8 Å². The molecule has 1 heterocycles. The first-order chi connectivity index (χ1) is 12.8. The molecule has 3 rings (SSSR count). The number of methoxy groups -OCH3 is 1. The second-order valence-corrected chi connectivity index (χ2v) is 6.02. The van der Waals surface area contributed by atoms with Crippen LogP contribution in [0.4, 0.5) is 18.9 Å². The minimum absolute atomic E-state index is 0.103. The second-order valence-electron chi connectivity index (χ2n) is 5.35. The van der Waals surface area contributed by atoms with Crippen LogP contribution in [0.1, 0.15) is 5.56 Å². The van der Waals surface area contributed by atoms with Crippen molar-refractivity contribution in [3.63, 3.8) is 0 Å². The van der Waals surface area contributed by atoms with E-state index in [2.05, 4.69) is 9.71 Å². The van der Waals surface area contributed by atoms with Crippen LogP contribution < -0.4 is 14.2 Å². The summed E-state index contributed by atoms with van der Waals surface area (Å²) in [5.74, 6) is 0.149. The molecule has 10 heteroatoms. The molecule has 0 spiro atoms. The number of nitrogens with one attached hydrogen (secondary N) is 1. The zero-order chi connectivity index (χ0) is 19.6. The topological polar surface area (TPSA) is 83.5 Å². The van der Waals surface area contributed by atoms with Crippen molar-refractivity contribution in [3.8, 4) is 17.2 Å². The molecule has 0 aliphatic heterocycles. The zero-order valence-electron chi connectivity index (χ0n) is 13.7. The molecule has 0 saturated carbocycles. The summed E-state index contributed by atoms with van der Waals surface area (Å²) in [5.41, 5.74) is -0.503. The summed E-state index contributed by atoms with van der Waals surface area (Å²) in [6.07, 6.45) is -3.97. The van der Waals surface area contributed by atoms with E-state index in [0.29, 0.717) is 11.9 Å². The van der Waals surface area contributed by atoms with Gasteiger partial charge in [0, 0.05) is 34.6 Å². The minimum Gasteiger partial charge on any atom is -0.755 e. The maximum atomic E-state index is 13.4. The van der Waals surface area contributed by atoms with Gasteiger partial charge in [-0.15, -0.1) is 0 Å². The number of nitrogens with zero attached hydrogens (tertiary/aromatic N) is 1. The molecule has 0 amide bonds. The lowest BCUT2D eigenvalue weighted by Crippen LogP contribution is -2.08. The van der Waals surface area contributed by atoms with Crippen LogP contribution in [0.2, 0.25) is 0 Å². The van der Waals surface area contributed by atoms with Gasteiger partial charge in [0.05, 0.1) is 12.6 Å². The van der Waals surface area contributed by atoms with E-state index in [1.807, 2.05) is 0 Å². The summed E-state index contributed by atoms with van der Waals surface area (Å²) in [6.45, 7) is 0. The van der Waals surface area contributed by atoms with Gasteiger partial charge in [0.1, 0.15) is 17.1 Å². The van der Waals surface area contributed by atoms with E-state index in [4.69, 9.17) is 9.47 Å². The van der Waals surface area contributed by atoms with E-state index in [0.717, 1.165) is 0 Å². The number of hydrogen-bond acceptors (Lipinski definition) is 5. The molecular formula is C17H12F3N2O4S-. The number of benzene rings is 2. The largest absolute Gasteiger partial charge is 0.755 e. The van der Waals surface area contributed by atoms with E-state index >= 15 is 0 Å². The van der Waals surface area contributed by atoms with Crippen molar-refractivity contribution >= 4 is 27.9 Å². The summed E-state index contributed by atoms with van der Waals surface area (Å²) in [5, 5.41) is 0.161. The monoisotopic (exact) mass is 397 g/mol. The van der Waals surface area contributed by atoms with Crippen molar-refractivity contribution in [2.24, 2.45) is 0 Å². The number of hydrogen-bond donors (Lipinski definition) is 1. The summed E-state index contributed by atoms with van der Waals surface area (Å²) in [7, 11) is 1.44. The first-order valence-corrected chi connectivity index (χ1v) is 8.53. The van der Waals surface area contributed by atoms with Crippen molar-refractivity contribution in [1.29, 1.82) is 0 Å². The lowest BCUT2D eigenvalue weighted by atomic mass is 10.1. The Bertz CT molecular complexity index is 994. The number of ether oxygens (including phenoxy) is 2. The normalized spacial score (nSPS) is 12.6. The Labute approximate surface area is 154 Å². The fourth-order valence-corrected chi connectivity index (χ4v) is 2.72. The number of anilines is 1. The van der Waals surface area contributed by atoms with Crippen LogP contribution in [0.3, 0.4) is 0 Å². The Kier molecular flexibility index (Phi) is 5.19. The van der Waals surface area contributed by atoms with Crippen LogP contribution >= 0.6 is 0 Å². The molecule has 0 saturated heterocycles. The quantitative estimate of drug-likeness (QED) is 0.651. The standard InChI is InChI=1S/C17H13F3N2O4S/c1-25-12-6-7-13-15(8-12)21-9-14(17(18,19)20)16(13)26-11-4-2-10(3-5-11)22-27(23)24/h2-9,22H,1H3,(H,23,24)/p-1. The Morgan fingerprint density at radius 1 is 1.11 bits per heavy atom. The van der Waals surface area contributed by atoms with Crippen LogP contribution in [-0.2, 0) is 17.4 Å². The van der Waals surface area contributed by atoms with Gasteiger partial charge in [0.25, 0.3) is 0 Å². The average molecular weight is 397 g/mol. The molecule has 142 valence electrons. The third-order valence-corrected chi connectivity index (χ3v) is 4.01. The first-order valence-electron chi connectivity index (χ1n) is 7.45. The van der Waals surface area contributed by atoms with Gasteiger partial charge >= 0.3 is 6.18 Å². The molecule has 0 aliphatic carbocycles. The second kappa shape index (κ2) is 7.41. The highest BCUT2D eigenvalue weighted by atomic mass is 32.2. The first kappa shape index (κ1) is 18.9. The van der Waals surface area contributed by atoms with Gasteiger partial charge in [-0.1, -0.05) is 0 Å². The molecule has 2 aromatic carbocycles. The van der Waals surface area contributed by atoms with E-state index in [9.17, 15) is 21.9 Å². The minimum atomic E-state index is -4.67. The lowest BCUT2D eigenvalue weighted by molar-refractivity contribution is -0.138. The zero-order valence-corrected chi connectivity index (χ0v) is 14.6. The van der Waals surface area contributed by atoms with Gasteiger partial charge in [-0.25, -0.2) is 0 Å². The van der Waals surface area contributed by atoms with Gasteiger partial charge in [0.15, 0.2) is 5.75 Å². The van der Waals surface area contributed by atoms with Crippen LogP contribution in [0.5, 0.6) is 17.2 Å². The molecule has 1 atom stereocenters. The molecule has 1 N–H and O–H groups in total. The number of alkyl halides is 3. The molecule has 1 aromatic heterocycles. The van der Waals surface area contributed by atoms with Crippen molar-refractivity contribution in [2.45, 2.75) is 6.18 Å². The van der Waals surface area contributed by atoms with Crippen LogP contribution in [0, 0.1) is 0 Å². The van der Waals surface area contributed by atoms with Crippen LogP contribution in [-0.4, -0.2) is 20.9 Å². The summed E-state index contributed by atoms with van der Waals surface area (Å²) >= 11 is -2.51.